The molecule has 164 valence electrons. The van der Waals surface area contributed by atoms with Crippen molar-refractivity contribution >= 4 is 16.9 Å². The molecule has 0 saturated carbocycles. The van der Waals surface area contributed by atoms with E-state index in [1.807, 2.05) is 55.5 Å². The summed E-state index contributed by atoms with van der Waals surface area (Å²) in [5.41, 5.74) is 4.97. The van der Waals surface area contributed by atoms with Crippen LogP contribution >= 0.6 is 0 Å². The molecule has 5 heteroatoms. The molecule has 0 aliphatic heterocycles. The van der Waals surface area contributed by atoms with Crippen LogP contribution < -0.4 is 10.1 Å². The summed E-state index contributed by atoms with van der Waals surface area (Å²) in [6.45, 7) is 7.48. The molecule has 3 aromatic carbocycles. The van der Waals surface area contributed by atoms with Crippen LogP contribution in [0, 0.1) is 13.8 Å². The van der Waals surface area contributed by atoms with Crippen LogP contribution in [-0.2, 0) is 6.54 Å². The van der Waals surface area contributed by atoms with Gasteiger partial charge in [0, 0.05) is 12.1 Å². The molecule has 4 aromatic rings. The fraction of sp³-hybridized carbons (Fsp3) is 0.259. The van der Waals surface area contributed by atoms with Gasteiger partial charge in [-0.1, -0.05) is 42.5 Å². The fourth-order valence-corrected chi connectivity index (χ4v) is 3.86. The second-order valence-corrected chi connectivity index (χ2v) is 8.14. The SMILES string of the molecule is Cc1ccc(C)c(OCCCn2c(C(C)NC(=O)c3ccccc3)nc3ccccc32)c1. The third kappa shape index (κ3) is 4.83. The van der Waals surface area contributed by atoms with Gasteiger partial charge in [0.05, 0.1) is 23.7 Å². The number of ether oxygens (including phenoxy) is 1. The number of aromatic nitrogens is 2. The first-order chi connectivity index (χ1) is 15.5. The Labute approximate surface area is 189 Å². The third-order valence-corrected chi connectivity index (χ3v) is 5.58. The number of rotatable bonds is 8. The van der Waals surface area contributed by atoms with Crippen LogP contribution in [-0.4, -0.2) is 22.1 Å². The molecule has 4 rings (SSSR count). The molecule has 1 heterocycles. The summed E-state index contributed by atoms with van der Waals surface area (Å²) in [7, 11) is 0. The van der Waals surface area contributed by atoms with Crippen molar-refractivity contribution in [3.8, 4) is 5.75 Å². The van der Waals surface area contributed by atoms with Gasteiger partial charge >= 0.3 is 0 Å². The third-order valence-electron chi connectivity index (χ3n) is 5.58. The number of nitrogens with zero attached hydrogens (tertiary/aromatic N) is 2. The molecule has 0 bridgehead atoms. The molecule has 1 unspecified atom stereocenters. The van der Waals surface area contributed by atoms with Gasteiger partial charge in [0.1, 0.15) is 11.6 Å². The van der Waals surface area contributed by atoms with E-state index < -0.39 is 0 Å². The Bertz CT molecular complexity index is 1210. The van der Waals surface area contributed by atoms with Gasteiger partial charge in [0.15, 0.2) is 0 Å². The summed E-state index contributed by atoms with van der Waals surface area (Å²) in [5.74, 6) is 1.68. The van der Waals surface area contributed by atoms with Crippen molar-refractivity contribution in [1.82, 2.24) is 14.9 Å². The number of carbonyl (C=O) groups excluding carboxylic acids is 1. The highest BCUT2D eigenvalue weighted by atomic mass is 16.5. The van der Waals surface area contributed by atoms with Gasteiger partial charge in [0.25, 0.3) is 5.91 Å². The van der Waals surface area contributed by atoms with Crippen molar-refractivity contribution in [1.29, 1.82) is 0 Å². The summed E-state index contributed by atoms with van der Waals surface area (Å²) in [6.07, 6.45) is 0.833. The number of carbonyl (C=O) groups is 1. The number of aryl methyl sites for hydroxylation is 3. The molecule has 5 nitrogen and oxygen atoms in total. The maximum Gasteiger partial charge on any atom is 0.251 e. The first-order valence-electron chi connectivity index (χ1n) is 11.0. The van der Waals surface area contributed by atoms with Crippen LogP contribution in [0.1, 0.15) is 46.7 Å². The van der Waals surface area contributed by atoms with Crippen LogP contribution in [0.15, 0.2) is 72.8 Å². The average Bonchev–Trinajstić information content (AvgIpc) is 3.18. The van der Waals surface area contributed by atoms with Gasteiger partial charge in [-0.15, -0.1) is 0 Å². The molecule has 1 amide bonds. The van der Waals surface area contributed by atoms with Crippen LogP contribution in [0.2, 0.25) is 0 Å². The van der Waals surface area contributed by atoms with E-state index in [2.05, 4.69) is 48.0 Å². The normalized spacial score (nSPS) is 12.0. The zero-order valence-electron chi connectivity index (χ0n) is 18.8. The van der Waals surface area contributed by atoms with Gasteiger partial charge in [-0.2, -0.15) is 0 Å². The molecule has 1 atom stereocenters. The lowest BCUT2D eigenvalue weighted by Crippen LogP contribution is -2.28. The van der Waals surface area contributed by atoms with Crippen molar-refractivity contribution in [2.45, 2.75) is 39.8 Å². The van der Waals surface area contributed by atoms with E-state index in [-0.39, 0.29) is 11.9 Å². The molecule has 1 N–H and O–H groups in total. The minimum atomic E-state index is -0.227. The first kappa shape index (κ1) is 21.6. The number of amides is 1. The molecule has 0 fully saturated rings. The monoisotopic (exact) mass is 427 g/mol. The van der Waals surface area contributed by atoms with E-state index in [1.165, 1.54) is 5.56 Å². The second kappa shape index (κ2) is 9.69. The lowest BCUT2D eigenvalue weighted by molar-refractivity contribution is 0.0937. The van der Waals surface area contributed by atoms with Crippen LogP contribution in [0.3, 0.4) is 0 Å². The fourth-order valence-electron chi connectivity index (χ4n) is 3.86. The summed E-state index contributed by atoms with van der Waals surface area (Å²) in [6, 6.07) is 23.4. The molecule has 0 aliphatic carbocycles. The number of nitrogens with one attached hydrogen (secondary N) is 1. The number of imidazole rings is 1. The topological polar surface area (TPSA) is 56.1 Å². The number of hydrogen-bond acceptors (Lipinski definition) is 3. The quantitative estimate of drug-likeness (QED) is 0.372. The highest BCUT2D eigenvalue weighted by Gasteiger charge is 2.19. The summed E-state index contributed by atoms with van der Waals surface area (Å²) in [5, 5.41) is 3.09. The van der Waals surface area contributed by atoms with Crippen molar-refractivity contribution in [3.05, 3.63) is 95.3 Å². The Balaban J connectivity index is 1.48. The van der Waals surface area contributed by atoms with E-state index in [4.69, 9.17) is 9.72 Å². The van der Waals surface area contributed by atoms with Crippen molar-refractivity contribution < 1.29 is 9.53 Å². The lowest BCUT2D eigenvalue weighted by atomic mass is 10.1. The Hall–Kier alpha value is -3.60. The van der Waals surface area contributed by atoms with E-state index in [0.717, 1.165) is 41.1 Å². The van der Waals surface area contributed by atoms with Gasteiger partial charge in [0.2, 0.25) is 0 Å². The van der Waals surface area contributed by atoms with Crippen molar-refractivity contribution in [3.63, 3.8) is 0 Å². The maximum absolute atomic E-state index is 12.7. The predicted octanol–water partition coefficient (Wildman–Crippen LogP) is 5.61. The minimum Gasteiger partial charge on any atom is -0.493 e. The van der Waals surface area contributed by atoms with Gasteiger partial charge in [-0.3, -0.25) is 4.79 Å². The number of hydrogen-bond donors (Lipinski definition) is 1. The van der Waals surface area contributed by atoms with Crippen LogP contribution in [0.25, 0.3) is 11.0 Å². The van der Waals surface area contributed by atoms with Gasteiger partial charge in [-0.25, -0.2) is 4.98 Å². The van der Waals surface area contributed by atoms with Gasteiger partial charge < -0.3 is 14.6 Å². The lowest BCUT2D eigenvalue weighted by Gasteiger charge is -2.17. The zero-order valence-corrected chi connectivity index (χ0v) is 18.8. The maximum atomic E-state index is 12.7. The molecule has 0 aliphatic rings. The number of fused-ring (bicyclic) bond motifs is 1. The largest absolute Gasteiger partial charge is 0.493 e. The molecule has 0 saturated heterocycles. The first-order valence-corrected chi connectivity index (χ1v) is 11.0. The summed E-state index contributed by atoms with van der Waals surface area (Å²) < 4.78 is 8.24. The molecule has 1 aromatic heterocycles. The zero-order chi connectivity index (χ0) is 22.5. The number of para-hydroxylation sites is 2. The van der Waals surface area contributed by atoms with E-state index in [9.17, 15) is 4.79 Å². The highest BCUT2D eigenvalue weighted by molar-refractivity contribution is 5.94. The molecular weight excluding hydrogens is 398 g/mol. The van der Waals surface area contributed by atoms with Crippen LogP contribution in [0.4, 0.5) is 0 Å². The average molecular weight is 428 g/mol. The highest BCUT2D eigenvalue weighted by Crippen LogP contribution is 2.23. The van der Waals surface area contributed by atoms with E-state index in [0.29, 0.717) is 12.2 Å². The second-order valence-electron chi connectivity index (χ2n) is 8.14. The molecule has 32 heavy (non-hydrogen) atoms. The van der Waals surface area contributed by atoms with E-state index >= 15 is 0 Å². The van der Waals surface area contributed by atoms with Crippen molar-refractivity contribution in [2.24, 2.45) is 0 Å². The Morgan fingerprint density at radius 1 is 1.03 bits per heavy atom. The van der Waals surface area contributed by atoms with E-state index in [1.54, 1.807) is 0 Å². The smallest absolute Gasteiger partial charge is 0.251 e. The standard InChI is InChI=1S/C27H29N3O2/c1-19-14-15-20(2)25(18-19)32-17-9-16-30-24-13-8-7-12-23(24)29-26(30)21(3)28-27(31)22-10-5-4-6-11-22/h4-8,10-15,18,21H,9,16-17H2,1-3H3,(H,28,31). The Morgan fingerprint density at radius 2 is 1.78 bits per heavy atom. The van der Waals surface area contributed by atoms with Crippen molar-refractivity contribution in [2.75, 3.05) is 6.61 Å². The number of benzene rings is 3. The predicted molar refractivity (Wildman–Crippen MR) is 128 cm³/mol. The summed E-state index contributed by atoms with van der Waals surface area (Å²) in [4.78, 5) is 17.5. The van der Waals surface area contributed by atoms with Gasteiger partial charge in [-0.05, 0) is 68.7 Å². The summed E-state index contributed by atoms with van der Waals surface area (Å²) >= 11 is 0. The Morgan fingerprint density at radius 3 is 2.59 bits per heavy atom. The Kier molecular flexibility index (Phi) is 6.55. The molecule has 0 spiro atoms. The molecule has 0 radical (unpaired) electrons. The minimum absolute atomic E-state index is 0.102. The molecular formula is C27H29N3O2. The van der Waals surface area contributed by atoms with Crippen LogP contribution in [0.5, 0.6) is 5.75 Å².